The van der Waals surface area contributed by atoms with Crippen molar-refractivity contribution >= 4 is 16.3 Å². The molecule has 2 aromatic heterocycles. The Morgan fingerprint density at radius 3 is 2.87 bits per heavy atom. The van der Waals surface area contributed by atoms with Gasteiger partial charge in [-0.25, -0.2) is 0 Å². The SMILES string of the molecule is CC(C)Cn1cnnc1-c1ccc(N)s1. The van der Waals surface area contributed by atoms with Gasteiger partial charge in [0.25, 0.3) is 0 Å². The van der Waals surface area contributed by atoms with E-state index in [0.29, 0.717) is 5.92 Å². The summed E-state index contributed by atoms with van der Waals surface area (Å²) in [5.41, 5.74) is 5.70. The maximum absolute atomic E-state index is 5.70. The van der Waals surface area contributed by atoms with Crippen LogP contribution >= 0.6 is 11.3 Å². The highest BCUT2D eigenvalue weighted by atomic mass is 32.1. The molecule has 0 aliphatic rings. The zero-order valence-corrected chi connectivity index (χ0v) is 9.66. The Hall–Kier alpha value is -1.36. The van der Waals surface area contributed by atoms with Crippen LogP contribution in [-0.4, -0.2) is 14.8 Å². The number of thiophene rings is 1. The van der Waals surface area contributed by atoms with Crippen molar-refractivity contribution in [2.24, 2.45) is 5.92 Å². The molecule has 2 rings (SSSR count). The fourth-order valence-electron chi connectivity index (χ4n) is 1.45. The average Bonchev–Trinajstić information content (AvgIpc) is 2.72. The van der Waals surface area contributed by atoms with E-state index in [9.17, 15) is 0 Å². The summed E-state index contributed by atoms with van der Waals surface area (Å²) in [6.45, 7) is 5.28. The minimum Gasteiger partial charge on any atom is -0.391 e. The fourth-order valence-corrected chi connectivity index (χ4v) is 2.22. The van der Waals surface area contributed by atoms with Crippen LogP contribution in [0.15, 0.2) is 18.5 Å². The fraction of sp³-hybridized carbons (Fsp3) is 0.400. The van der Waals surface area contributed by atoms with Crippen LogP contribution in [0, 0.1) is 5.92 Å². The molecule has 0 aromatic carbocycles. The van der Waals surface area contributed by atoms with Gasteiger partial charge in [0.1, 0.15) is 6.33 Å². The normalized spacial score (nSPS) is 11.1. The van der Waals surface area contributed by atoms with Gasteiger partial charge in [-0.3, -0.25) is 0 Å². The average molecular weight is 222 g/mol. The van der Waals surface area contributed by atoms with Gasteiger partial charge in [0.05, 0.1) is 9.88 Å². The first-order valence-corrected chi connectivity index (χ1v) is 5.72. The maximum Gasteiger partial charge on any atom is 0.173 e. The Balaban J connectivity index is 2.32. The molecule has 2 aromatic rings. The van der Waals surface area contributed by atoms with Crippen molar-refractivity contribution in [2.45, 2.75) is 20.4 Å². The zero-order chi connectivity index (χ0) is 10.8. The molecule has 0 atom stereocenters. The molecule has 0 radical (unpaired) electrons. The van der Waals surface area contributed by atoms with Gasteiger partial charge in [-0.2, -0.15) is 0 Å². The number of nitrogens with zero attached hydrogens (tertiary/aromatic N) is 3. The zero-order valence-electron chi connectivity index (χ0n) is 8.84. The summed E-state index contributed by atoms with van der Waals surface area (Å²) in [6, 6.07) is 3.88. The number of nitrogen functional groups attached to an aromatic ring is 1. The van der Waals surface area contributed by atoms with Gasteiger partial charge in [0.15, 0.2) is 5.82 Å². The highest BCUT2D eigenvalue weighted by molar-refractivity contribution is 7.19. The van der Waals surface area contributed by atoms with Crippen molar-refractivity contribution < 1.29 is 0 Å². The van der Waals surface area contributed by atoms with Gasteiger partial charge >= 0.3 is 0 Å². The van der Waals surface area contributed by atoms with Crippen molar-refractivity contribution in [1.29, 1.82) is 0 Å². The summed E-state index contributed by atoms with van der Waals surface area (Å²) in [5, 5.41) is 8.87. The van der Waals surface area contributed by atoms with Crippen LogP contribution < -0.4 is 5.73 Å². The van der Waals surface area contributed by atoms with E-state index in [0.717, 1.165) is 22.2 Å². The molecule has 0 bridgehead atoms. The smallest absolute Gasteiger partial charge is 0.173 e. The molecule has 5 heteroatoms. The number of rotatable bonds is 3. The van der Waals surface area contributed by atoms with E-state index in [1.54, 1.807) is 17.7 Å². The lowest BCUT2D eigenvalue weighted by Gasteiger charge is -2.07. The second kappa shape index (κ2) is 4.02. The van der Waals surface area contributed by atoms with Gasteiger partial charge < -0.3 is 10.3 Å². The second-order valence-corrected chi connectivity index (χ2v) is 5.02. The lowest BCUT2D eigenvalue weighted by molar-refractivity contribution is 0.525. The van der Waals surface area contributed by atoms with E-state index in [1.807, 2.05) is 12.1 Å². The predicted octanol–water partition coefficient (Wildman–Crippen LogP) is 2.24. The first-order valence-electron chi connectivity index (χ1n) is 4.90. The maximum atomic E-state index is 5.70. The van der Waals surface area contributed by atoms with Gasteiger partial charge in [-0.05, 0) is 18.1 Å². The summed E-state index contributed by atoms with van der Waals surface area (Å²) in [7, 11) is 0. The lowest BCUT2D eigenvalue weighted by Crippen LogP contribution is -2.04. The summed E-state index contributed by atoms with van der Waals surface area (Å²) < 4.78 is 2.07. The van der Waals surface area contributed by atoms with Crippen LogP contribution in [0.4, 0.5) is 5.00 Å². The van der Waals surface area contributed by atoms with E-state index in [1.165, 1.54) is 0 Å². The molecule has 0 aliphatic carbocycles. The molecule has 0 unspecified atom stereocenters. The number of hydrogen-bond acceptors (Lipinski definition) is 4. The molecule has 0 saturated heterocycles. The lowest BCUT2D eigenvalue weighted by atomic mass is 10.2. The first-order chi connectivity index (χ1) is 7.16. The molecule has 15 heavy (non-hydrogen) atoms. The largest absolute Gasteiger partial charge is 0.391 e. The monoisotopic (exact) mass is 222 g/mol. The van der Waals surface area contributed by atoms with Crippen molar-refractivity contribution in [3.8, 4) is 10.7 Å². The van der Waals surface area contributed by atoms with Gasteiger partial charge in [0, 0.05) is 6.54 Å². The molecule has 0 aliphatic heterocycles. The summed E-state index contributed by atoms with van der Waals surface area (Å²) in [5.74, 6) is 1.49. The molecular weight excluding hydrogens is 208 g/mol. The van der Waals surface area contributed by atoms with E-state index in [4.69, 9.17) is 5.73 Å². The number of anilines is 1. The van der Waals surface area contributed by atoms with Gasteiger partial charge in [0.2, 0.25) is 0 Å². The standard InChI is InChI=1S/C10H14N4S/c1-7(2)5-14-6-12-13-10(14)8-3-4-9(11)15-8/h3-4,6-7H,5,11H2,1-2H3. The number of nitrogens with two attached hydrogens (primary N) is 1. The number of hydrogen-bond donors (Lipinski definition) is 1. The summed E-state index contributed by atoms with van der Waals surface area (Å²) >= 11 is 1.54. The highest BCUT2D eigenvalue weighted by Gasteiger charge is 2.10. The summed E-state index contributed by atoms with van der Waals surface area (Å²) in [4.78, 5) is 1.07. The van der Waals surface area contributed by atoms with Crippen molar-refractivity contribution in [2.75, 3.05) is 5.73 Å². The quantitative estimate of drug-likeness (QED) is 0.866. The van der Waals surface area contributed by atoms with Crippen molar-refractivity contribution in [1.82, 2.24) is 14.8 Å². The Bertz CT molecular complexity index is 444. The first kappa shape index (κ1) is 10.2. The Kier molecular flexibility index (Phi) is 2.73. The van der Waals surface area contributed by atoms with Gasteiger partial charge in [-0.15, -0.1) is 21.5 Å². The Morgan fingerprint density at radius 1 is 1.47 bits per heavy atom. The Labute approximate surface area is 92.8 Å². The van der Waals surface area contributed by atoms with E-state index in [-0.39, 0.29) is 0 Å². The van der Waals surface area contributed by atoms with E-state index < -0.39 is 0 Å². The van der Waals surface area contributed by atoms with Gasteiger partial charge in [-0.1, -0.05) is 13.8 Å². The third-order valence-electron chi connectivity index (χ3n) is 2.02. The molecule has 2 heterocycles. The summed E-state index contributed by atoms with van der Waals surface area (Å²) in [6.07, 6.45) is 1.77. The van der Waals surface area contributed by atoms with E-state index in [2.05, 4.69) is 28.6 Å². The molecule has 4 nitrogen and oxygen atoms in total. The van der Waals surface area contributed by atoms with E-state index >= 15 is 0 Å². The van der Waals surface area contributed by atoms with Crippen LogP contribution in [0.1, 0.15) is 13.8 Å². The van der Waals surface area contributed by atoms with Crippen LogP contribution in [0.2, 0.25) is 0 Å². The van der Waals surface area contributed by atoms with Crippen LogP contribution in [-0.2, 0) is 6.54 Å². The molecule has 0 spiro atoms. The minimum atomic E-state index is 0.581. The van der Waals surface area contributed by atoms with Crippen LogP contribution in [0.3, 0.4) is 0 Å². The third-order valence-corrected chi connectivity index (χ3v) is 2.93. The second-order valence-electron chi connectivity index (χ2n) is 3.90. The van der Waals surface area contributed by atoms with Crippen LogP contribution in [0.5, 0.6) is 0 Å². The molecule has 0 amide bonds. The number of aromatic nitrogens is 3. The minimum absolute atomic E-state index is 0.581. The molecule has 2 N–H and O–H groups in total. The molecular formula is C10H14N4S. The highest BCUT2D eigenvalue weighted by Crippen LogP contribution is 2.28. The van der Waals surface area contributed by atoms with Crippen molar-refractivity contribution in [3.63, 3.8) is 0 Å². The predicted molar refractivity (Wildman–Crippen MR) is 62.6 cm³/mol. The molecule has 0 fully saturated rings. The topological polar surface area (TPSA) is 56.7 Å². The van der Waals surface area contributed by atoms with Crippen LogP contribution in [0.25, 0.3) is 10.7 Å². The molecule has 0 saturated carbocycles. The molecule has 80 valence electrons. The third kappa shape index (κ3) is 2.18. The Morgan fingerprint density at radius 2 is 2.27 bits per heavy atom. The van der Waals surface area contributed by atoms with Crippen molar-refractivity contribution in [3.05, 3.63) is 18.5 Å².